The molecule has 0 aliphatic rings. The molecule has 0 aliphatic carbocycles. The minimum atomic E-state index is -0.548. The Hall–Kier alpha value is -4.06. The van der Waals surface area contributed by atoms with Crippen molar-refractivity contribution in [2.75, 3.05) is 20.3 Å². The number of nitrogens with zero attached hydrogens (tertiary/aromatic N) is 3. The highest BCUT2D eigenvalue weighted by Crippen LogP contribution is 2.33. The minimum absolute atomic E-state index is 0.0423. The van der Waals surface area contributed by atoms with Crippen molar-refractivity contribution in [2.24, 2.45) is 0 Å². The van der Waals surface area contributed by atoms with E-state index in [0.717, 1.165) is 5.56 Å². The fraction of sp³-hybridized carbons (Fsp3) is 0.304. The molecule has 0 atom stereocenters. The number of hydrogen-bond donors (Lipinski definition) is 1. The van der Waals surface area contributed by atoms with E-state index in [1.165, 1.54) is 7.11 Å². The first kappa shape index (κ1) is 22.6. The van der Waals surface area contributed by atoms with Gasteiger partial charge in [0.25, 0.3) is 0 Å². The van der Waals surface area contributed by atoms with E-state index >= 15 is 0 Å². The summed E-state index contributed by atoms with van der Waals surface area (Å²) in [5.41, 5.74) is 1.38. The van der Waals surface area contributed by atoms with Crippen molar-refractivity contribution in [3.05, 3.63) is 48.5 Å². The van der Waals surface area contributed by atoms with Gasteiger partial charge in [0.05, 0.1) is 13.7 Å². The molecule has 2 heterocycles. The number of ether oxygens (including phenoxy) is 3. The Morgan fingerprint density at radius 2 is 1.88 bits per heavy atom. The summed E-state index contributed by atoms with van der Waals surface area (Å²) in [5, 5.41) is 11.9. The third-order valence-corrected chi connectivity index (χ3v) is 4.10. The van der Waals surface area contributed by atoms with Crippen LogP contribution < -0.4 is 14.8 Å². The summed E-state index contributed by atoms with van der Waals surface area (Å²) >= 11 is 0. The van der Waals surface area contributed by atoms with Gasteiger partial charge >= 0.3 is 12.0 Å². The average Bonchev–Trinajstić information content (AvgIpc) is 3.20. The standard InChI is InChI=1S/C23H24N4O5/c1-23(2,3)32-22(28)25-11-12-30-17-8-5-15(6-9-17)21-20(27-19(13-24)31-21)16-7-10-18(29-4)26-14-16/h5-10,14H,11-12H2,1-4H3,(H,25,28). The SMILES string of the molecule is COc1ccc(-c2nc(C#N)oc2-c2ccc(OCCNC(=O)OC(C)(C)C)cc2)cn1. The Morgan fingerprint density at radius 3 is 2.47 bits per heavy atom. The molecule has 0 fully saturated rings. The van der Waals surface area contributed by atoms with Crippen LogP contribution in [0.1, 0.15) is 26.7 Å². The molecule has 0 saturated heterocycles. The van der Waals surface area contributed by atoms with Crippen LogP contribution >= 0.6 is 0 Å². The predicted octanol–water partition coefficient (Wildman–Crippen LogP) is 4.19. The normalized spacial score (nSPS) is 10.8. The first-order valence-corrected chi connectivity index (χ1v) is 9.90. The zero-order valence-electron chi connectivity index (χ0n) is 18.3. The van der Waals surface area contributed by atoms with Crippen molar-refractivity contribution < 1.29 is 23.4 Å². The number of hydrogen-bond acceptors (Lipinski definition) is 8. The van der Waals surface area contributed by atoms with Gasteiger partial charge in [-0.25, -0.2) is 9.78 Å². The van der Waals surface area contributed by atoms with Gasteiger partial charge in [0.15, 0.2) is 11.8 Å². The summed E-state index contributed by atoms with van der Waals surface area (Å²) in [5.74, 6) is 1.50. The maximum atomic E-state index is 11.6. The Morgan fingerprint density at radius 1 is 1.16 bits per heavy atom. The number of oxazole rings is 1. The number of aromatic nitrogens is 2. The van der Waals surface area contributed by atoms with Crippen molar-refractivity contribution in [3.8, 4) is 40.3 Å². The highest BCUT2D eigenvalue weighted by Gasteiger charge is 2.18. The second-order valence-electron chi connectivity index (χ2n) is 7.70. The molecule has 0 saturated carbocycles. The number of benzene rings is 1. The van der Waals surface area contributed by atoms with Crippen molar-refractivity contribution >= 4 is 6.09 Å². The highest BCUT2D eigenvalue weighted by atomic mass is 16.6. The van der Waals surface area contributed by atoms with Crippen LogP contribution in [-0.4, -0.2) is 41.9 Å². The summed E-state index contributed by atoms with van der Waals surface area (Å²) in [4.78, 5) is 20.1. The molecule has 3 rings (SSSR count). The van der Waals surface area contributed by atoms with Gasteiger partial charge in [0, 0.05) is 23.4 Å². The van der Waals surface area contributed by atoms with E-state index in [0.29, 0.717) is 35.2 Å². The molecule has 9 nitrogen and oxygen atoms in total. The average molecular weight is 436 g/mol. The maximum absolute atomic E-state index is 11.6. The van der Waals surface area contributed by atoms with Gasteiger partial charge in [-0.1, -0.05) is 0 Å². The summed E-state index contributed by atoms with van der Waals surface area (Å²) < 4.78 is 21.5. The van der Waals surface area contributed by atoms with Crippen molar-refractivity contribution in [1.82, 2.24) is 15.3 Å². The van der Waals surface area contributed by atoms with Crippen molar-refractivity contribution in [2.45, 2.75) is 26.4 Å². The number of pyridine rings is 1. The van der Waals surface area contributed by atoms with Crippen LogP contribution in [0.5, 0.6) is 11.6 Å². The van der Waals surface area contributed by atoms with Gasteiger partial charge in [0.2, 0.25) is 5.88 Å². The Labute approximate surface area is 186 Å². The van der Waals surface area contributed by atoms with Crippen LogP contribution in [0.25, 0.3) is 22.6 Å². The molecule has 0 aliphatic heterocycles. The number of nitrogens with one attached hydrogen (secondary N) is 1. The molecule has 3 aromatic rings. The number of amides is 1. The molecular formula is C23H24N4O5. The molecule has 0 radical (unpaired) electrons. The number of carbonyl (C=O) groups excluding carboxylic acids is 1. The monoisotopic (exact) mass is 436 g/mol. The van der Waals surface area contributed by atoms with Crippen molar-refractivity contribution in [1.29, 1.82) is 5.26 Å². The lowest BCUT2D eigenvalue weighted by Crippen LogP contribution is -2.34. The smallest absolute Gasteiger partial charge is 0.407 e. The van der Waals surface area contributed by atoms with E-state index in [-0.39, 0.29) is 12.5 Å². The van der Waals surface area contributed by atoms with Crippen LogP contribution in [-0.2, 0) is 4.74 Å². The molecule has 166 valence electrons. The molecule has 0 unspecified atom stereocenters. The Bertz CT molecular complexity index is 1090. The zero-order valence-corrected chi connectivity index (χ0v) is 18.3. The Kier molecular flexibility index (Phi) is 6.95. The lowest BCUT2D eigenvalue weighted by molar-refractivity contribution is 0.0520. The second-order valence-corrected chi connectivity index (χ2v) is 7.70. The van der Waals surface area contributed by atoms with E-state index < -0.39 is 11.7 Å². The molecule has 1 N–H and O–H groups in total. The van der Waals surface area contributed by atoms with Crippen LogP contribution in [0, 0.1) is 11.3 Å². The van der Waals surface area contributed by atoms with Gasteiger partial charge in [-0.2, -0.15) is 10.2 Å². The van der Waals surface area contributed by atoms with E-state index in [2.05, 4.69) is 15.3 Å². The molecule has 0 bridgehead atoms. The molecule has 1 amide bonds. The van der Waals surface area contributed by atoms with E-state index in [4.69, 9.17) is 18.6 Å². The van der Waals surface area contributed by atoms with Crippen LogP contribution in [0.15, 0.2) is 47.0 Å². The molecule has 0 spiro atoms. The van der Waals surface area contributed by atoms with Crippen molar-refractivity contribution in [3.63, 3.8) is 0 Å². The number of methoxy groups -OCH3 is 1. The minimum Gasteiger partial charge on any atom is -0.492 e. The van der Waals surface area contributed by atoms with Gasteiger partial charge in [-0.05, 0) is 51.1 Å². The first-order chi connectivity index (χ1) is 15.3. The third-order valence-electron chi connectivity index (χ3n) is 4.10. The van der Waals surface area contributed by atoms with Gasteiger partial charge in [0.1, 0.15) is 23.7 Å². The molecular weight excluding hydrogens is 412 g/mol. The molecule has 9 heteroatoms. The number of carbonyl (C=O) groups is 1. The highest BCUT2D eigenvalue weighted by molar-refractivity contribution is 5.77. The fourth-order valence-electron chi connectivity index (χ4n) is 2.74. The van der Waals surface area contributed by atoms with Gasteiger partial charge in [-0.15, -0.1) is 0 Å². The summed E-state index contributed by atoms with van der Waals surface area (Å²) in [7, 11) is 1.54. The van der Waals surface area contributed by atoms with Gasteiger partial charge < -0.3 is 23.9 Å². The second kappa shape index (κ2) is 9.83. The zero-order chi connectivity index (χ0) is 23.1. The number of alkyl carbamates (subject to hydrolysis) is 1. The largest absolute Gasteiger partial charge is 0.492 e. The molecule has 32 heavy (non-hydrogen) atoms. The molecule has 2 aromatic heterocycles. The van der Waals surface area contributed by atoms with E-state index in [9.17, 15) is 10.1 Å². The summed E-state index contributed by atoms with van der Waals surface area (Å²) in [6.07, 6.45) is 1.12. The third kappa shape index (κ3) is 5.98. The summed E-state index contributed by atoms with van der Waals surface area (Å²) in [6.45, 7) is 5.99. The summed E-state index contributed by atoms with van der Waals surface area (Å²) in [6, 6.07) is 12.6. The maximum Gasteiger partial charge on any atom is 0.407 e. The van der Waals surface area contributed by atoms with E-state index in [1.54, 1.807) is 63.4 Å². The van der Waals surface area contributed by atoms with E-state index in [1.807, 2.05) is 6.07 Å². The van der Waals surface area contributed by atoms with Crippen LogP contribution in [0.3, 0.4) is 0 Å². The lowest BCUT2D eigenvalue weighted by Gasteiger charge is -2.19. The quantitative estimate of drug-likeness (QED) is 0.548. The Balaban J connectivity index is 1.66. The number of rotatable bonds is 7. The van der Waals surface area contributed by atoms with Crippen LogP contribution in [0.2, 0.25) is 0 Å². The van der Waals surface area contributed by atoms with Gasteiger partial charge in [-0.3, -0.25) is 0 Å². The molecule has 1 aromatic carbocycles. The number of nitriles is 1. The topological polar surface area (TPSA) is 120 Å². The lowest BCUT2D eigenvalue weighted by atomic mass is 10.1. The predicted molar refractivity (Wildman–Crippen MR) is 116 cm³/mol. The fourth-order valence-corrected chi connectivity index (χ4v) is 2.74. The first-order valence-electron chi connectivity index (χ1n) is 9.90. The van der Waals surface area contributed by atoms with Crippen LogP contribution in [0.4, 0.5) is 4.79 Å².